The molecule has 0 bridgehead atoms. The summed E-state index contributed by atoms with van der Waals surface area (Å²) >= 11 is 1.17. The van der Waals surface area contributed by atoms with E-state index in [1.54, 1.807) is 6.07 Å². The summed E-state index contributed by atoms with van der Waals surface area (Å²) in [5, 5.41) is 0. The quantitative estimate of drug-likeness (QED) is 0.0779. The van der Waals surface area contributed by atoms with Crippen LogP contribution in [0.5, 0.6) is 11.6 Å². The molecule has 2 aliphatic rings. The van der Waals surface area contributed by atoms with Gasteiger partial charge >= 0.3 is 11.9 Å². The lowest BCUT2D eigenvalue weighted by Crippen LogP contribution is -2.51. The Labute approximate surface area is 271 Å². The third kappa shape index (κ3) is 8.79. The summed E-state index contributed by atoms with van der Waals surface area (Å²) in [7, 11) is 2.13. The number of nitrogens with zero attached hydrogens (tertiary/aromatic N) is 3. The molecule has 2 unspecified atom stereocenters. The predicted octanol–water partition coefficient (Wildman–Crippen LogP) is 7.70. The van der Waals surface area contributed by atoms with Crippen LogP contribution < -0.4 is 9.47 Å². The van der Waals surface area contributed by atoms with Gasteiger partial charge in [0.05, 0.1) is 49.8 Å². The first-order chi connectivity index (χ1) is 22.0. The number of aromatic nitrogens is 2. The molecule has 1 aromatic heterocycles. The lowest BCUT2D eigenvalue weighted by atomic mass is 9.89. The Bertz CT molecular complexity index is 1440. The van der Waals surface area contributed by atoms with Crippen molar-refractivity contribution in [3.8, 4) is 11.6 Å². The van der Waals surface area contributed by atoms with Crippen LogP contribution in [-0.2, 0) is 20.7 Å². The molecule has 3 aromatic rings. The molecule has 45 heavy (non-hydrogen) atoms. The monoisotopic (exact) mass is 632 g/mol. The van der Waals surface area contributed by atoms with E-state index in [1.165, 1.54) is 24.6 Å². The van der Waals surface area contributed by atoms with Crippen molar-refractivity contribution >= 4 is 29.2 Å². The van der Waals surface area contributed by atoms with Crippen LogP contribution in [0.3, 0.4) is 0 Å². The van der Waals surface area contributed by atoms with E-state index < -0.39 is 6.23 Å². The number of para-hydroxylation sites is 1. The Morgan fingerprint density at radius 3 is 2.56 bits per heavy atom. The zero-order chi connectivity index (χ0) is 31.5. The largest absolute Gasteiger partial charge is 0.475 e. The normalized spacial score (nSPS) is 19.4. The molecule has 2 aromatic carbocycles. The lowest BCUT2D eigenvalue weighted by Gasteiger charge is -2.42. The van der Waals surface area contributed by atoms with Crippen molar-refractivity contribution in [1.82, 2.24) is 8.75 Å². The number of ether oxygens (including phenoxy) is 3. The molecule has 5 rings (SSSR count). The second-order valence-corrected chi connectivity index (χ2v) is 13.0. The van der Waals surface area contributed by atoms with Crippen LogP contribution in [0, 0.1) is 5.92 Å². The Morgan fingerprint density at radius 1 is 0.978 bits per heavy atom. The fourth-order valence-electron chi connectivity index (χ4n) is 6.38. The molecule has 1 aliphatic carbocycles. The van der Waals surface area contributed by atoms with Gasteiger partial charge in [-0.3, -0.25) is 14.1 Å². The molecule has 0 N–H and O–H groups in total. The average molecular weight is 633 g/mol. The highest BCUT2D eigenvalue weighted by Crippen LogP contribution is 2.37. The summed E-state index contributed by atoms with van der Waals surface area (Å²) in [6, 6.07) is 17.2. The van der Waals surface area contributed by atoms with E-state index >= 15 is 0 Å². The minimum absolute atomic E-state index is 0.00613. The number of esters is 2. The molecule has 1 aliphatic heterocycles. The number of carbonyl (C=O) groups excluding carboxylic acids is 2. The van der Waals surface area contributed by atoms with Gasteiger partial charge in [-0.25, -0.2) is 0 Å². The van der Waals surface area contributed by atoms with Crippen LogP contribution in [0.15, 0.2) is 60.7 Å². The molecule has 2 heterocycles. The van der Waals surface area contributed by atoms with E-state index in [9.17, 15) is 9.59 Å². The Balaban J connectivity index is 1.30. The van der Waals surface area contributed by atoms with Crippen molar-refractivity contribution in [3.63, 3.8) is 0 Å². The summed E-state index contributed by atoms with van der Waals surface area (Å²) in [6.07, 6.45) is 12.0. The molecule has 2 atom stereocenters. The molecular formula is C36H46N3O5S+. The standard InChI is InChI=1S/C36H46N3O5S/c1-3-4-5-14-24-42-34-33(37-45-38-34)30-21-15-23-39(2,26-30)35(27-16-8-6-9-17-27)44-32(40)25-29-20-12-13-22-31(29)43-36(41)28-18-10-7-11-19-28/h6,8-9,12-13,16-17,20-22,28,35H,3-5,7,10-11,14-15,18-19,23-26H2,1-2H3/q+1. The maximum absolute atomic E-state index is 13.7. The van der Waals surface area contributed by atoms with Crippen molar-refractivity contribution in [2.24, 2.45) is 5.92 Å². The number of benzene rings is 2. The van der Waals surface area contributed by atoms with Gasteiger partial charge in [-0.05, 0) is 37.5 Å². The maximum atomic E-state index is 13.7. The highest BCUT2D eigenvalue weighted by Gasteiger charge is 2.40. The zero-order valence-electron chi connectivity index (χ0n) is 26.6. The van der Waals surface area contributed by atoms with Crippen molar-refractivity contribution < 1.29 is 28.3 Å². The van der Waals surface area contributed by atoms with Gasteiger partial charge < -0.3 is 14.2 Å². The van der Waals surface area contributed by atoms with Crippen molar-refractivity contribution in [3.05, 3.63) is 77.5 Å². The molecule has 0 amide bonds. The summed E-state index contributed by atoms with van der Waals surface area (Å²) in [4.78, 5) is 26.6. The number of hydrogen-bond acceptors (Lipinski definition) is 8. The Kier molecular flexibility index (Phi) is 11.8. The lowest BCUT2D eigenvalue weighted by molar-refractivity contribution is -0.953. The first-order valence-corrected chi connectivity index (χ1v) is 17.2. The fourth-order valence-corrected chi connectivity index (χ4v) is 6.91. The first kappa shape index (κ1) is 32.8. The van der Waals surface area contributed by atoms with E-state index in [4.69, 9.17) is 14.2 Å². The molecule has 9 heteroatoms. The maximum Gasteiger partial charge on any atom is 0.315 e. The topological polar surface area (TPSA) is 87.6 Å². The second-order valence-electron chi connectivity index (χ2n) is 12.5. The number of quaternary nitrogens is 1. The first-order valence-electron chi connectivity index (χ1n) is 16.5. The average Bonchev–Trinajstić information content (AvgIpc) is 3.54. The highest BCUT2D eigenvalue weighted by molar-refractivity contribution is 6.99. The molecular weight excluding hydrogens is 586 g/mol. The summed E-state index contributed by atoms with van der Waals surface area (Å²) in [5.74, 6) is 0.370. The summed E-state index contributed by atoms with van der Waals surface area (Å²) in [6.45, 7) is 4.22. The second kappa shape index (κ2) is 16.1. The van der Waals surface area contributed by atoms with E-state index in [-0.39, 0.29) is 24.3 Å². The Hall–Kier alpha value is -3.56. The van der Waals surface area contributed by atoms with Crippen LogP contribution in [-0.4, -0.2) is 51.9 Å². The van der Waals surface area contributed by atoms with Gasteiger partial charge in [0.1, 0.15) is 18.0 Å². The summed E-state index contributed by atoms with van der Waals surface area (Å²) < 4.78 is 27.8. The van der Waals surface area contributed by atoms with Gasteiger partial charge in [0, 0.05) is 17.6 Å². The van der Waals surface area contributed by atoms with E-state index in [0.717, 1.165) is 74.7 Å². The van der Waals surface area contributed by atoms with E-state index in [0.29, 0.717) is 34.8 Å². The SMILES string of the molecule is CCCCCCOc1nsnc1C1=CCC[N+](C)(C(OC(=O)Cc2ccccc2OC(=O)C2CCCCC2)c2ccccc2)C1. The van der Waals surface area contributed by atoms with Crippen molar-refractivity contribution in [2.45, 2.75) is 83.8 Å². The number of rotatable bonds is 14. The van der Waals surface area contributed by atoms with Crippen LogP contribution in [0.4, 0.5) is 0 Å². The number of hydrogen-bond donors (Lipinski definition) is 0. The van der Waals surface area contributed by atoms with Gasteiger partial charge in [0.2, 0.25) is 0 Å². The Morgan fingerprint density at radius 2 is 1.76 bits per heavy atom. The molecule has 1 fully saturated rings. The van der Waals surface area contributed by atoms with Gasteiger partial charge in [-0.1, -0.05) is 87.9 Å². The third-order valence-electron chi connectivity index (χ3n) is 8.91. The van der Waals surface area contributed by atoms with Gasteiger partial charge in [0.25, 0.3) is 12.1 Å². The van der Waals surface area contributed by atoms with Crippen LogP contribution in [0.25, 0.3) is 5.57 Å². The minimum Gasteiger partial charge on any atom is -0.475 e. The van der Waals surface area contributed by atoms with E-state index in [1.807, 2.05) is 48.5 Å². The molecule has 1 saturated carbocycles. The number of unbranched alkanes of at least 4 members (excludes halogenated alkanes) is 3. The molecule has 240 valence electrons. The van der Waals surface area contributed by atoms with E-state index in [2.05, 4.69) is 28.8 Å². The fraction of sp³-hybridized carbons (Fsp3) is 0.500. The van der Waals surface area contributed by atoms with Gasteiger partial charge in [0.15, 0.2) is 0 Å². The molecule has 8 nitrogen and oxygen atoms in total. The van der Waals surface area contributed by atoms with Gasteiger partial charge in [-0.2, -0.15) is 4.37 Å². The minimum atomic E-state index is -0.538. The van der Waals surface area contributed by atoms with Crippen molar-refractivity contribution in [2.75, 3.05) is 26.7 Å². The smallest absolute Gasteiger partial charge is 0.315 e. The predicted molar refractivity (Wildman–Crippen MR) is 176 cm³/mol. The number of likely N-dealkylation sites (N-methyl/N-ethyl adjacent to an activating group) is 1. The van der Waals surface area contributed by atoms with Crippen LogP contribution >= 0.6 is 11.7 Å². The molecule has 0 saturated heterocycles. The summed E-state index contributed by atoms with van der Waals surface area (Å²) in [5.41, 5.74) is 3.41. The molecule has 0 spiro atoms. The number of carbonyl (C=O) groups is 2. The van der Waals surface area contributed by atoms with Crippen LogP contribution in [0.2, 0.25) is 0 Å². The molecule has 0 radical (unpaired) electrons. The third-order valence-corrected chi connectivity index (χ3v) is 9.42. The van der Waals surface area contributed by atoms with Crippen LogP contribution in [0.1, 0.15) is 94.2 Å². The van der Waals surface area contributed by atoms with Crippen molar-refractivity contribution in [1.29, 1.82) is 0 Å². The zero-order valence-corrected chi connectivity index (χ0v) is 27.4. The van der Waals surface area contributed by atoms with Gasteiger partial charge in [-0.15, -0.1) is 4.37 Å². The highest BCUT2D eigenvalue weighted by atomic mass is 32.1.